The lowest BCUT2D eigenvalue weighted by molar-refractivity contribution is 0.174. The largest absolute Gasteiger partial charge is 0.454 e. The van der Waals surface area contributed by atoms with Crippen molar-refractivity contribution >= 4 is 31.8 Å². The van der Waals surface area contributed by atoms with E-state index in [9.17, 15) is 9.59 Å². The van der Waals surface area contributed by atoms with Crippen LogP contribution in [0.4, 0.5) is 0 Å². The summed E-state index contributed by atoms with van der Waals surface area (Å²) in [6.07, 6.45) is 0. The molecule has 0 bridgehead atoms. The molecule has 0 radical (unpaired) electrons. The van der Waals surface area contributed by atoms with E-state index >= 15 is 0 Å². The number of hydrogen-bond acceptors (Lipinski definition) is 6. The van der Waals surface area contributed by atoms with Crippen molar-refractivity contribution in [2.24, 2.45) is 0 Å². The molecule has 5 rings (SSSR count). The van der Waals surface area contributed by atoms with Crippen molar-refractivity contribution in [1.82, 2.24) is 15.0 Å². The first-order valence-corrected chi connectivity index (χ1v) is 7.96. The standard InChI is InChI=1S/C16H9N3O4S/c20-14-13-12(18-16(21)19-14)8-2-3-9(17-15(8)24-13)7-1-4-10-11(5-7)23-6-22-10/h1-5H,6H2,(H2,18,19,20,21). The summed E-state index contributed by atoms with van der Waals surface area (Å²) in [7, 11) is 0. The van der Waals surface area contributed by atoms with E-state index in [4.69, 9.17) is 9.47 Å². The number of aromatic nitrogens is 3. The number of hydrogen-bond donors (Lipinski definition) is 2. The molecule has 4 heterocycles. The zero-order chi connectivity index (χ0) is 16.3. The van der Waals surface area contributed by atoms with Crippen LogP contribution < -0.4 is 20.7 Å². The molecule has 1 aromatic carbocycles. The van der Waals surface area contributed by atoms with E-state index in [2.05, 4.69) is 15.0 Å². The van der Waals surface area contributed by atoms with Gasteiger partial charge in [-0.25, -0.2) is 9.78 Å². The summed E-state index contributed by atoms with van der Waals surface area (Å²) in [5.41, 5.74) is 1.24. The van der Waals surface area contributed by atoms with E-state index in [0.29, 0.717) is 26.5 Å². The maximum absolute atomic E-state index is 11.9. The summed E-state index contributed by atoms with van der Waals surface area (Å²) in [4.78, 5) is 33.6. The molecule has 8 heteroatoms. The molecule has 0 saturated heterocycles. The Labute approximate surface area is 137 Å². The predicted molar refractivity (Wildman–Crippen MR) is 89.9 cm³/mol. The predicted octanol–water partition coefficient (Wildman–Crippen LogP) is 2.22. The Bertz CT molecular complexity index is 1240. The summed E-state index contributed by atoms with van der Waals surface area (Å²) in [6.45, 7) is 0.220. The van der Waals surface area contributed by atoms with Crippen molar-refractivity contribution in [3.8, 4) is 22.8 Å². The number of fused-ring (bicyclic) bond motifs is 4. The van der Waals surface area contributed by atoms with Crippen LogP contribution in [0.5, 0.6) is 11.5 Å². The number of H-pyrrole nitrogens is 2. The summed E-state index contributed by atoms with van der Waals surface area (Å²) >= 11 is 1.25. The van der Waals surface area contributed by atoms with E-state index < -0.39 is 11.2 Å². The van der Waals surface area contributed by atoms with Crippen LogP contribution in [0.2, 0.25) is 0 Å². The zero-order valence-electron chi connectivity index (χ0n) is 12.1. The van der Waals surface area contributed by atoms with Gasteiger partial charge in [-0.15, -0.1) is 11.3 Å². The molecule has 1 aliphatic rings. The van der Waals surface area contributed by atoms with Gasteiger partial charge in [0.1, 0.15) is 9.53 Å². The van der Waals surface area contributed by atoms with Gasteiger partial charge in [0.2, 0.25) is 6.79 Å². The topological polar surface area (TPSA) is 97.1 Å². The average Bonchev–Trinajstić information content (AvgIpc) is 3.18. The van der Waals surface area contributed by atoms with Gasteiger partial charge in [-0.1, -0.05) is 0 Å². The number of thiophene rings is 1. The number of pyridine rings is 1. The third-order valence-corrected chi connectivity index (χ3v) is 4.99. The van der Waals surface area contributed by atoms with Gasteiger partial charge in [0.05, 0.1) is 11.2 Å². The highest BCUT2D eigenvalue weighted by Crippen LogP contribution is 2.36. The second-order valence-corrected chi connectivity index (χ2v) is 6.33. The van der Waals surface area contributed by atoms with Gasteiger partial charge in [-0.3, -0.25) is 9.78 Å². The maximum Gasteiger partial charge on any atom is 0.326 e. The van der Waals surface area contributed by atoms with Crippen LogP contribution >= 0.6 is 11.3 Å². The van der Waals surface area contributed by atoms with Crippen LogP contribution in [-0.4, -0.2) is 21.7 Å². The van der Waals surface area contributed by atoms with Crippen LogP contribution in [0.25, 0.3) is 31.7 Å². The Morgan fingerprint density at radius 2 is 1.92 bits per heavy atom. The summed E-state index contributed by atoms with van der Waals surface area (Å²) in [5, 5.41) is 0.752. The Morgan fingerprint density at radius 3 is 2.83 bits per heavy atom. The van der Waals surface area contributed by atoms with E-state index in [-0.39, 0.29) is 6.79 Å². The van der Waals surface area contributed by atoms with Crippen LogP contribution in [0.3, 0.4) is 0 Å². The summed E-state index contributed by atoms with van der Waals surface area (Å²) in [6, 6.07) is 9.33. The smallest absolute Gasteiger partial charge is 0.326 e. The number of nitrogens with one attached hydrogen (secondary N) is 2. The number of aromatic amines is 2. The van der Waals surface area contributed by atoms with Crippen molar-refractivity contribution in [3.63, 3.8) is 0 Å². The first kappa shape index (κ1) is 13.3. The van der Waals surface area contributed by atoms with E-state index in [0.717, 1.165) is 16.6 Å². The molecule has 2 N–H and O–H groups in total. The zero-order valence-corrected chi connectivity index (χ0v) is 12.9. The first-order chi connectivity index (χ1) is 11.7. The molecule has 4 aromatic rings. The van der Waals surface area contributed by atoms with E-state index in [1.54, 1.807) is 0 Å². The van der Waals surface area contributed by atoms with Gasteiger partial charge in [-0.2, -0.15) is 0 Å². The number of nitrogens with zero attached hydrogens (tertiary/aromatic N) is 1. The minimum atomic E-state index is -0.521. The molecule has 0 atom stereocenters. The second-order valence-electron chi connectivity index (χ2n) is 5.33. The van der Waals surface area contributed by atoms with Crippen molar-refractivity contribution in [3.05, 3.63) is 51.2 Å². The molecule has 0 unspecified atom stereocenters. The summed E-state index contributed by atoms with van der Waals surface area (Å²) < 4.78 is 11.2. The maximum atomic E-state index is 11.9. The van der Waals surface area contributed by atoms with E-state index in [1.807, 2.05) is 30.3 Å². The van der Waals surface area contributed by atoms with Crippen LogP contribution in [0.1, 0.15) is 0 Å². The fraction of sp³-hybridized carbons (Fsp3) is 0.0625. The summed E-state index contributed by atoms with van der Waals surface area (Å²) in [5.74, 6) is 1.40. The van der Waals surface area contributed by atoms with Gasteiger partial charge in [0, 0.05) is 10.9 Å². The molecular formula is C16H9N3O4S. The second kappa shape index (κ2) is 4.68. The fourth-order valence-electron chi connectivity index (χ4n) is 2.78. The molecule has 1 aliphatic heterocycles. The molecular weight excluding hydrogens is 330 g/mol. The van der Waals surface area contributed by atoms with Crippen LogP contribution in [-0.2, 0) is 0 Å². The van der Waals surface area contributed by atoms with E-state index in [1.165, 1.54) is 11.3 Å². The average molecular weight is 339 g/mol. The quantitative estimate of drug-likeness (QED) is 0.554. The first-order valence-electron chi connectivity index (χ1n) is 7.15. The highest BCUT2D eigenvalue weighted by molar-refractivity contribution is 7.25. The van der Waals surface area contributed by atoms with Crippen LogP contribution in [0.15, 0.2) is 39.9 Å². The Balaban J connectivity index is 1.74. The monoisotopic (exact) mass is 339 g/mol. The molecule has 0 fully saturated rings. The van der Waals surface area contributed by atoms with Gasteiger partial charge in [0.15, 0.2) is 11.5 Å². The number of ether oxygens (including phenoxy) is 2. The lowest BCUT2D eigenvalue weighted by Gasteiger charge is -2.02. The normalized spacial score (nSPS) is 13.0. The fourth-order valence-corrected chi connectivity index (χ4v) is 3.81. The lowest BCUT2D eigenvalue weighted by Crippen LogP contribution is -2.20. The molecule has 118 valence electrons. The van der Waals surface area contributed by atoms with Gasteiger partial charge in [0.25, 0.3) is 5.56 Å². The lowest BCUT2D eigenvalue weighted by atomic mass is 10.1. The van der Waals surface area contributed by atoms with Crippen molar-refractivity contribution < 1.29 is 9.47 Å². The third kappa shape index (κ3) is 1.86. The highest BCUT2D eigenvalue weighted by Gasteiger charge is 2.16. The van der Waals surface area contributed by atoms with Crippen molar-refractivity contribution in [2.75, 3.05) is 6.79 Å². The SMILES string of the molecule is O=c1[nH]c(=O)c2sc3nc(-c4ccc5c(c4)OCO5)ccc3c2[nH]1. The molecule has 0 spiro atoms. The molecule has 0 amide bonds. The van der Waals surface area contributed by atoms with Gasteiger partial charge in [-0.05, 0) is 30.3 Å². The highest BCUT2D eigenvalue weighted by atomic mass is 32.1. The molecule has 0 saturated carbocycles. The number of rotatable bonds is 1. The minimum Gasteiger partial charge on any atom is -0.454 e. The van der Waals surface area contributed by atoms with Gasteiger partial charge >= 0.3 is 5.69 Å². The molecule has 0 aliphatic carbocycles. The van der Waals surface area contributed by atoms with Crippen molar-refractivity contribution in [1.29, 1.82) is 0 Å². The Hall–Kier alpha value is -3.13. The Morgan fingerprint density at radius 1 is 1.04 bits per heavy atom. The molecule has 24 heavy (non-hydrogen) atoms. The van der Waals surface area contributed by atoms with Crippen LogP contribution in [0, 0.1) is 0 Å². The Kier molecular flexibility index (Phi) is 2.60. The van der Waals surface area contributed by atoms with Crippen molar-refractivity contribution in [2.45, 2.75) is 0 Å². The third-order valence-electron chi connectivity index (χ3n) is 3.90. The van der Waals surface area contributed by atoms with Gasteiger partial charge < -0.3 is 14.5 Å². The number of benzene rings is 1. The molecule has 7 nitrogen and oxygen atoms in total. The molecule has 3 aromatic heterocycles. The minimum absolute atomic E-state index is 0.220.